The van der Waals surface area contributed by atoms with Crippen LogP contribution in [0.15, 0.2) is 24.3 Å². The lowest BCUT2D eigenvalue weighted by molar-refractivity contribution is -0.151. The van der Waals surface area contributed by atoms with Crippen LogP contribution in [0.3, 0.4) is 0 Å². The second-order valence-corrected chi connectivity index (χ2v) is 4.02. The van der Waals surface area contributed by atoms with E-state index in [4.69, 9.17) is 9.84 Å². The van der Waals surface area contributed by atoms with Crippen LogP contribution in [0.2, 0.25) is 0 Å². The molecule has 0 unspecified atom stereocenters. The number of carbonyl (C=O) groups is 2. The molecule has 4 nitrogen and oxygen atoms in total. The zero-order valence-corrected chi connectivity index (χ0v) is 10.1. The summed E-state index contributed by atoms with van der Waals surface area (Å²) in [5.74, 6) is -1.88. The van der Waals surface area contributed by atoms with E-state index < -0.39 is 11.9 Å². The summed E-state index contributed by atoms with van der Waals surface area (Å²) in [4.78, 5) is 21.5. The van der Waals surface area contributed by atoms with Crippen molar-refractivity contribution in [1.29, 1.82) is 0 Å². The Morgan fingerprint density at radius 1 is 1.28 bits per heavy atom. The fourth-order valence-electron chi connectivity index (χ4n) is 1.49. The maximum absolute atomic E-state index is 12.7. The zero-order valence-electron chi connectivity index (χ0n) is 10.1. The molecule has 18 heavy (non-hydrogen) atoms. The fraction of sp³-hybridized carbons (Fsp3) is 0.385. The summed E-state index contributed by atoms with van der Waals surface area (Å²) in [5.41, 5.74) is 0.856. The molecule has 1 rings (SSSR count). The van der Waals surface area contributed by atoms with Gasteiger partial charge in [-0.1, -0.05) is 12.1 Å². The SMILES string of the molecule is C[C@H](Cc1ccc(F)cc1)OC(=O)CCC(=O)O. The summed E-state index contributed by atoms with van der Waals surface area (Å²) in [6.07, 6.45) is -0.263. The molecule has 5 heteroatoms. The van der Waals surface area contributed by atoms with Crippen molar-refractivity contribution < 1.29 is 23.8 Å². The van der Waals surface area contributed by atoms with E-state index in [1.165, 1.54) is 12.1 Å². The van der Waals surface area contributed by atoms with Crippen LogP contribution < -0.4 is 0 Å². The molecule has 0 saturated carbocycles. The number of carbonyl (C=O) groups excluding carboxylic acids is 1. The van der Waals surface area contributed by atoms with Crippen LogP contribution >= 0.6 is 0 Å². The number of esters is 1. The van der Waals surface area contributed by atoms with Gasteiger partial charge < -0.3 is 9.84 Å². The highest BCUT2D eigenvalue weighted by atomic mass is 19.1. The Kier molecular flexibility index (Phi) is 5.30. The van der Waals surface area contributed by atoms with E-state index in [9.17, 15) is 14.0 Å². The molecule has 1 aromatic carbocycles. The normalized spacial score (nSPS) is 11.9. The highest BCUT2D eigenvalue weighted by Crippen LogP contribution is 2.08. The maximum Gasteiger partial charge on any atom is 0.306 e. The summed E-state index contributed by atoms with van der Waals surface area (Å²) >= 11 is 0. The van der Waals surface area contributed by atoms with Crippen molar-refractivity contribution in [3.8, 4) is 0 Å². The van der Waals surface area contributed by atoms with Gasteiger partial charge in [0.05, 0.1) is 12.8 Å². The third-order valence-corrected chi connectivity index (χ3v) is 2.31. The van der Waals surface area contributed by atoms with E-state index in [0.717, 1.165) is 5.56 Å². The van der Waals surface area contributed by atoms with E-state index in [1.54, 1.807) is 19.1 Å². The van der Waals surface area contributed by atoms with Crippen LogP contribution in [0.4, 0.5) is 4.39 Å². The lowest BCUT2D eigenvalue weighted by atomic mass is 10.1. The quantitative estimate of drug-likeness (QED) is 0.790. The second kappa shape index (κ2) is 6.74. The van der Waals surface area contributed by atoms with Crippen molar-refractivity contribution in [2.75, 3.05) is 0 Å². The van der Waals surface area contributed by atoms with Crippen LogP contribution in [-0.4, -0.2) is 23.1 Å². The average molecular weight is 254 g/mol. The van der Waals surface area contributed by atoms with Crippen molar-refractivity contribution in [2.45, 2.75) is 32.3 Å². The smallest absolute Gasteiger partial charge is 0.306 e. The number of rotatable bonds is 6. The number of hydrogen-bond acceptors (Lipinski definition) is 3. The Labute approximate surface area is 104 Å². The minimum atomic E-state index is -1.03. The van der Waals surface area contributed by atoms with E-state index in [0.29, 0.717) is 6.42 Å². The third kappa shape index (κ3) is 5.43. The van der Waals surface area contributed by atoms with Crippen molar-refractivity contribution in [3.63, 3.8) is 0 Å². The van der Waals surface area contributed by atoms with E-state index in [1.807, 2.05) is 0 Å². The molecule has 98 valence electrons. The van der Waals surface area contributed by atoms with Crippen molar-refractivity contribution in [2.24, 2.45) is 0 Å². The zero-order chi connectivity index (χ0) is 13.5. The summed E-state index contributed by atoms with van der Waals surface area (Å²) in [6, 6.07) is 5.93. The number of carboxylic acid groups (broad SMARTS) is 1. The van der Waals surface area contributed by atoms with Crippen LogP contribution in [0, 0.1) is 5.82 Å². The molecule has 0 aliphatic carbocycles. The van der Waals surface area contributed by atoms with Crippen molar-refractivity contribution in [1.82, 2.24) is 0 Å². The van der Waals surface area contributed by atoms with Crippen LogP contribution in [0.5, 0.6) is 0 Å². The Morgan fingerprint density at radius 3 is 2.44 bits per heavy atom. The first-order valence-corrected chi connectivity index (χ1v) is 5.63. The molecule has 0 amide bonds. The molecular formula is C13H15FO4. The molecule has 0 aliphatic heterocycles. The van der Waals surface area contributed by atoms with Crippen LogP contribution in [-0.2, 0) is 20.7 Å². The molecule has 1 atom stereocenters. The van der Waals surface area contributed by atoms with Crippen molar-refractivity contribution in [3.05, 3.63) is 35.6 Å². The molecule has 0 radical (unpaired) electrons. The standard InChI is InChI=1S/C13H15FO4/c1-9(18-13(17)7-6-12(15)16)8-10-2-4-11(14)5-3-10/h2-5,9H,6-8H2,1H3,(H,15,16)/t9-/m1/s1. The first kappa shape index (κ1) is 14.2. The topological polar surface area (TPSA) is 63.6 Å². The fourth-order valence-corrected chi connectivity index (χ4v) is 1.49. The molecule has 1 aromatic rings. The van der Waals surface area contributed by atoms with Gasteiger partial charge in [-0.2, -0.15) is 0 Å². The summed E-state index contributed by atoms with van der Waals surface area (Å²) in [7, 11) is 0. The average Bonchev–Trinajstić information content (AvgIpc) is 2.29. The number of hydrogen-bond donors (Lipinski definition) is 1. The van der Waals surface area contributed by atoms with Gasteiger partial charge in [0.1, 0.15) is 11.9 Å². The minimum absolute atomic E-state index is 0.136. The van der Waals surface area contributed by atoms with Gasteiger partial charge in [-0.05, 0) is 24.6 Å². The van der Waals surface area contributed by atoms with Gasteiger partial charge in [0, 0.05) is 6.42 Å². The molecule has 0 heterocycles. The monoisotopic (exact) mass is 254 g/mol. The van der Waals surface area contributed by atoms with E-state index >= 15 is 0 Å². The van der Waals surface area contributed by atoms with Crippen LogP contribution in [0.1, 0.15) is 25.3 Å². The minimum Gasteiger partial charge on any atom is -0.481 e. The van der Waals surface area contributed by atoms with E-state index in [2.05, 4.69) is 0 Å². The Hall–Kier alpha value is -1.91. The molecule has 0 saturated heterocycles. The molecule has 0 bridgehead atoms. The Morgan fingerprint density at radius 2 is 1.89 bits per heavy atom. The first-order chi connectivity index (χ1) is 8.47. The predicted octanol–water partition coefficient (Wildman–Crippen LogP) is 2.16. The molecule has 0 aliphatic rings. The number of carboxylic acids is 1. The Bertz CT molecular complexity index is 414. The van der Waals surface area contributed by atoms with Gasteiger partial charge in [-0.25, -0.2) is 4.39 Å². The first-order valence-electron chi connectivity index (χ1n) is 5.63. The Balaban J connectivity index is 2.36. The van der Waals surface area contributed by atoms with Gasteiger partial charge in [0.15, 0.2) is 0 Å². The van der Waals surface area contributed by atoms with Crippen LogP contribution in [0.25, 0.3) is 0 Å². The van der Waals surface area contributed by atoms with Gasteiger partial charge >= 0.3 is 11.9 Å². The number of aliphatic carboxylic acids is 1. The van der Waals surface area contributed by atoms with Crippen molar-refractivity contribution >= 4 is 11.9 Å². The molecule has 0 aromatic heterocycles. The van der Waals surface area contributed by atoms with Gasteiger partial charge in [-0.3, -0.25) is 9.59 Å². The van der Waals surface area contributed by atoms with Gasteiger partial charge in [0.2, 0.25) is 0 Å². The van der Waals surface area contributed by atoms with E-state index in [-0.39, 0.29) is 24.8 Å². The molecule has 0 fully saturated rings. The van der Waals surface area contributed by atoms with Gasteiger partial charge in [0.25, 0.3) is 0 Å². The molecule has 1 N–H and O–H groups in total. The number of ether oxygens (including phenoxy) is 1. The maximum atomic E-state index is 12.7. The number of benzene rings is 1. The molecular weight excluding hydrogens is 239 g/mol. The number of halogens is 1. The van der Waals surface area contributed by atoms with Gasteiger partial charge in [-0.15, -0.1) is 0 Å². The molecule has 0 spiro atoms. The largest absolute Gasteiger partial charge is 0.481 e. The highest BCUT2D eigenvalue weighted by molar-refractivity contribution is 5.76. The summed E-state index contributed by atoms with van der Waals surface area (Å²) in [5, 5.41) is 8.41. The highest BCUT2D eigenvalue weighted by Gasteiger charge is 2.11. The third-order valence-electron chi connectivity index (χ3n) is 2.31. The lowest BCUT2D eigenvalue weighted by Crippen LogP contribution is -2.18. The summed E-state index contributed by atoms with van der Waals surface area (Å²) in [6.45, 7) is 1.71. The lowest BCUT2D eigenvalue weighted by Gasteiger charge is -2.12. The summed E-state index contributed by atoms with van der Waals surface area (Å²) < 4.78 is 17.7. The second-order valence-electron chi connectivity index (χ2n) is 4.02. The predicted molar refractivity (Wildman–Crippen MR) is 62.5 cm³/mol.